The zero-order valence-corrected chi connectivity index (χ0v) is 14.7. The number of benzene rings is 2. The minimum atomic E-state index is -4.60. The highest BCUT2D eigenvalue weighted by molar-refractivity contribution is 7.92. The topological polar surface area (TPSA) is 129 Å². The van der Waals surface area contributed by atoms with Crippen LogP contribution in [0.5, 0.6) is 0 Å². The van der Waals surface area contributed by atoms with E-state index in [2.05, 4.69) is 14.7 Å². The number of alkyl halides is 3. The average Bonchev–Trinajstić information content (AvgIpc) is 2.97. The summed E-state index contributed by atoms with van der Waals surface area (Å²) in [5.41, 5.74) is -0.901. The number of nitrogens with one attached hydrogen (secondary N) is 2. The van der Waals surface area contributed by atoms with Crippen LogP contribution in [0.1, 0.15) is 5.56 Å². The van der Waals surface area contributed by atoms with Crippen LogP contribution in [0.15, 0.2) is 52.5 Å². The summed E-state index contributed by atoms with van der Waals surface area (Å²) >= 11 is 0. The second kappa shape index (κ2) is 6.21. The van der Waals surface area contributed by atoms with Crippen LogP contribution in [0.2, 0.25) is 0 Å². The van der Waals surface area contributed by atoms with Gasteiger partial charge in [0.1, 0.15) is 0 Å². The largest absolute Gasteiger partial charge is 0.416 e. The predicted octanol–water partition coefficient (Wildman–Crippen LogP) is 2.63. The van der Waals surface area contributed by atoms with E-state index in [-0.39, 0.29) is 21.6 Å². The molecule has 0 spiro atoms. The van der Waals surface area contributed by atoms with E-state index in [1.807, 2.05) is 0 Å². The average molecular weight is 421 g/mol. The van der Waals surface area contributed by atoms with E-state index in [9.17, 15) is 30.0 Å². The standard InChI is InChI=1S/C14H10F3N3O5S2/c15-14(16,17)8-1-3-9(4-2-8)20-26(21,22)10-5-6-11-12(7-10)19-13(18-11)27(23,24)25/h1-7,20H,(H,18,19)(H,23,24,25). The fraction of sp³-hybridized carbons (Fsp3) is 0.0714. The van der Waals surface area contributed by atoms with Crippen LogP contribution in [0.4, 0.5) is 18.9 Å². The Labute approximate surface area is 150 Å². The lowest BCUT2D eigenvalue weighted by Gasteiger charge is -2.10. The van der Waals surface area contributed by atoms with Crippen molar-refractivity contribution < 1.29 is 34.6 Å². The zero-order chi connectivity index (χ0) is 20.0. The molecule has 0 bridgehead atoms. The van der Waals surface area contributed by atoms with Crippen molar-refractivity contribution in [2.75, 3.05) is 4.72 Å². The van der Waals surface area contributed by atoms with Gasteiger partial charge in [-0.25, -0.2) is 13.4 Å². The summed E-state index contributed by atoms with van der Waals surface area (Å²) < 4.78 is 95.7. The number of H-pyrrole nitrogens is 1. The van der Waals surface area contributed by atoms with Crippen molar-refractivity contribution >= 4 is 36.9 Å². The quantitative estimate of drug-likeness (QED) is 0.556. The number of rotatable bonds is 4. The molecule has 0 aliphatic rings. The van der Waals surface area contributed by atoms with Gasteiger partial charge in [-0.3, -0.25) is 9.27 Å². The molecule has 13 heteroatoms. The zero-order valence-electron chi connectivity index (χ0n) is 13.0. The third-order valence-electron chi connectivity index (χ3n) is 3.45. The van der Waals surface area contributed by atoms with E-state index in [1.54, 1.807) is 0 Å². The Bertz CT molecular complexity index is 1220. The first kappa shape index (κ1) is 19.1. The molecule has 3 N–H and O–H groups in total. The minimum absolute atomic E-state index is 0.0259. The molecule has 0 aliphatic heterocycles. The molecule has 0 unspecified atom stereocenters. The fourth-order valence-corrected chi connectivity index (χ4v) is 3.73. The lowest BCUT2D eigenvalue weighted by molar-refractivity contribution is -0.137. The van der Waals surface area contributed by atoms with Gasteiger partial charge in [0, 0.05) is 5.69 Å². The molecule has 1 heterocycles. The Balaban J connectivity index is 1.92. The molecule has 0 fully saturated rings. The van der Waals surface area contributed by atoms with Crippen molar-refractivity contribution in [1.82, 2.24) is 9.97 Å². The molecule has 144 valence electrons. The van der Waals surface area contributed by atoms with Gasteiger partial charge in [-0.15, -0.1) is 0 Å². The second-order valence-electron chi connectivity index (χ2n) is 5.38. The highest BCUT2D eigenvalue weighted by atomic mass is 32.2. The summed E-state index contributed by atoms with van der Waals surface area (Å²) in [7, 11) is -8.77. The summed E-state index contributed by atoms with van der Waals surface area (Å²) in [5, 5.41) is -0.747. The number of hydrogen-bond acceptors (Lipinski definition) is 5. The van der Waals surface area contributed by atoms with E-state index in [1.165, 1.54) is 6.07 Å². The van der Waals surface area contributed by atoms with Crippen molar-refractivity contribution in [2.45, 2.75) is 16.2 Å². The molecule has 3 aromatic rings. The number of nitrogens with zero attached hydrogens (tertiary/aromatic N) is 1. The van der Waals surface area contributed by atoms with Crippen LogP contribution in [0.3, 0.4) is 0 Å². The van der Waals surface area contributed by atoms with E-state index in [0.717, 1.165) is 36.4 Å². The number of imidazole rings is 1. The van der Waals surface area contributed by atoms with Gasteiger partial charge >= 0.3 is 16.3 Å². The Morgan fingerprint density at radius 2 is 1.63 bits per heavy atom. The van der Waals surface area contributed by atoms with E-state index >= 15 is 0 Å². The van der Waals surface area contributed by atoms with Crippen LogP contribution in [-0.2, 0) is 26.3 Å². The van der Waals surface area contributed by atoms with E-state index in [4.69, 9.17) is 4.55 Å². The smallest absolute Gasteiger partial charge is 0.327 e. The number of anilines is 1. The van der Waals surface area contributed by atoms with Gasteiger partial charge in [0.05, 0.1) is 21.5 Å². The molecular weight excluding hydrogens is 411 g/mol. The SMILES string of the molecule is O=S(=O)(O)c1nc2ccc(S(=O)(=O)Nc3ccc(C(F)(F)F)cc3)cc2[nH]1. The molecule has 8 nitrogen and oxygen atoms in total. The maximum Gasteiger partial charge on any atom is 0.416 e. The predicted molar refractivity (Wildman–Crippen MR) is 88.2 cm³/mol. The first-order valence-electron chi connectivity index (χ1n) is 7.04. The van der Waals surface area contributed by atoms with Crippen LogP contribution < -0.4 is 4.72 Å². The van der Waals surface area contributed by atoms with Crippen LogP contribution in [-0.4, -0.2) is 31.4 Å². The summed E-state index contributed by atoms with van der Waals surface area (Å²) in [6.07, 6.45) is -4.55. The van der Waals surface area contributed by atoms with Gasteiger partial charge < -0.3 is 4.98 Å². The van der Waals surface area contributed by atoms with Gasteiger partial charge in [-0.2, -0.15) is 21.6 Å². The normalized spacial score (nSPS) is 13.0. The minimum Gasteiger partial charge on any atom is -0.327 e. The first-order valence-corrected chi connectivity index (χ1v) is 9.96. The van der Waals surface area contributed by atoms with Crippen molar-refractivity contribution in [2.24, 2.45) is 0 Å². The Hall–Kier alpha value is -2.64. The van der Waals surface area contributed by atoms with Gasteiger partial charge in [-0.1, -0.05) is 0 Å². The number of fused-ring (bicyclic) bond motifs is 1. The molecule has 0 saturated carbocycles. The molecule has 0 atom stereocenters. The van der Waals surface area contributed by atoms with Crippen molar-refractivity contribution in [1.29, 1.82) is 0 Å². The van der Waals surface area contributed by atoms with Gasteiger partial charge in [0.2, 0.25) is 0 Å². The maximum atomic E-state index is 12.5. The monoisotopic (exact) mass is 421 g/mol. The summed E-state index contributed by atoms with van der Waals surface area (Å²) in [6.45, 7) is 0. The van der Waals surface area contributed by atoms with Crippen LogP contribution in [0, 0.1) is 0 Å². The number of aromatic nitrogens is 2. The van der Waals surface area contributed by atoms with E-state index < -0.39 is 37.0 Å². The van der Waals surface area contributed by atoms with Gasteiger partial charge in [0.25, 0.3) is 15.2 Å². The summed E-state index contributed by atoms with van der Waals surface area (Å²) in [5.74, 6) is 0. The van der Waals surface area contributed by atoms with E-state index in [0.29, 0.717) is 0 Å². The summed E-state index contributed by atoms with van der Waals surface area (Å²) in [6, 6.07) is 6.80. The highest BCUT2D eigenvalue weighted by Gasteiger charge is 2.30. The molecule has 0 radical (unpaired) electrons. The molecule has 0 saturated heterocycles. The molecule has 27 heavy (non-hydrogen) atoms. The number of sulfonamides is 1. The lowest BCUT2D eigenvalue weighted by atomic mass is 10.2. The van der Waals surface area contributed by atoms with Crippen molar-refractivity contribution in [3.63, 3.8) is 0 Å². The Morgan fingerprint density at radius 1 is 1.00 bits per heavy atom. The van der Waals surface area contributed by atoms with Crippen LogP contribution in [0.25, 0.3) is 11.0 Å². The molecule has 1 aromatic heterocycles. The first-order chi connectivity index (χ1) is 12.4. The fourth-order valence-electron chi connectivity index (χ4n) is 2.20. The second-order valence-corrected chi connectivity index (χ2v) is 8.40. The van der Waals surface area contributed by atoms with Crippen LogP contribution >= 0.6 is 0 Å². The molecule has 0 amide bonds. The number of hydrogen-bond donors (Lipinski definition) is 3. The lowest BCUT2D eigenvalue weighted by Crippen LogP contribution is -2.13. The third kappa shape index (κ3) is 4.04. The third-order valence-corrected chi connectivity index (χ3v) is 5.51. The maximum absolute atomic E-state index is 12.5. The molecule has 2 aromatic carbocycles. The number of aromatic amines is 1. The van der Waals surface area contributed by atoms with Crippen molar-refractivity contribution in [3.05, 3.63) is 48.0 Å². The number of halogens is 3. The highest BCUT2D eigenvalue weighted by Crippen LogP contribution is 2.30. The summed E-state index contributed by atoms with van der Waals surface area (Å²) in [4.78, 5) is 5.59. The van der Waals surface area contributed by atoms with Gasteiger partial charge in [0.15, 0.2) is 0 Å². The molecular formula is C14H10F3N3O5S2. The van der Waals surface area contributed by atoms with Crippen molar-refractivity contribution in [3.8, 4) is 0 Å². The Morgan fingerprint density at radius 3 is 2.19 bits per heavy atom. The molecule has 0 aliphatic carbocycles. The Kier molecular flexibility index (Phi) is 4.40. The van der Waals surface area contributed by atoms with Gasteiger partial charge in [-0.05, 0) is 42.5 Å². The molecule has 3 rings (SSSR count).